The number of amides is 1. The fourth-order valence-electron chi connectivity index (χ4n) is 2.15. The van der Waals surface area contributed by atoms with Crippen LogP contribution in [0.5, 0.6) is 11.5 Å². The maximum absolute atomic E-state index is 11.7. The van der Waals surface area contributed by atoms with E-state index in [-0.39, 0.29) is 17.4 Å². The van der Waals surface area contributed by atoms with Crippen molar-refractivity contribution in [2.24, 2.45) is 5.10 Å². The number of benzene rings is 1. The summed E-state index contributed by atoms with van der Waals surface area (Å²) in [5.74, 6) is -0.194. The van der Waals surface area contributed by atoms with E-state index in [1.54, 1.807) is 13.0 Å². The van der Waals surface area contributed by atoms with Gasteiger partial charge in [0.05, 0.1) is 5.71 Å². The molecule has 0 aliphatic rings. The number of phenolic OH excluding ortho intramolecular Hbond substituents is 2. The quantitative estimate of drug-likeness (QED) is 0.370. The number of phenols is 2. The highest BCUT2D eigenvalue weighted by Gasteiger charge is 2.06. The summed E-state index contributed by atoms with van der Waals surface area (Å²) in [5.41, 5.74) is 3.48. The maximum Gasteiger partial charge on any atom is 0.240 e. The van der Waals surface area contributed by atoms with Gasteiger partial charge >= 0.3 is 0 Å². The van der Waals surface area contributed by atoms with Gasteiger partial charge < -0.3 is 10.2 Å². The standard InChI is InChI=1S/C17H26N2O3/c1-3-4-5-6-7-8-9-17(22)19-18-13(2)15-11-10-14(20)12-16(15)21/h10-12,20-21H,3-9H2,1-2H3,(H,19,22)/b18-13-. The molecule has 0 saturated carbocycles. The van der Waals surface area contributed by atoms with Crippen LogP contribution < -0.4 is 5.43 Å². The molecule has 0 radical (unpaired) electrons. The van der Waals surface area contributed by atoms with Crippen LogP contribution in [-0.2, 0) is 4.79 Å². The molecule has 1 aromatic carbocycles. The highest BCUT2D eigenvalue weighted by molar-refractivity contribution is 6.01. The number of aromatic hydroxyl groups is 2. The summed E-state index contributed by atoms with van der Waals surface area (Å²) in [5, 5.41) is 22.9. The number of rotatable bonds is 9. The van der Waals surface area contributed by atoms with Crippen LogP contribution in [0.15, 0.2) is 23.3 Å². The molecular formula is C17H26N2O3. The predicted molar refractivity (Wildman–Crippen MR) is 88.1 cm³/mol. The second kappa shape index (κ2) is 9.82. The summed E-state index contributed by atoms with van der Waals surface area (Å²) in [6.45, 7) is 3.87. The molecule has 0 spiro atoms. The number of hydrogen-bond acceptors (Lipinski definition) is 4. The number of nitrogens with zero attached hydrogens (tertiary/aromatic N) is 1. The predicted octanol–water partition coefficient (Wildman–Crippen LogP) is 3.69. The molecule has 1 amide bonds. The number of carbonyl (C=O) groups excluding carboxylic acids is 1. The number of unbranched alkanes of at least 4 members (excludes halogenated alkanes) is 5. The Bertz CT molecular complexity index is 513. The second-order valence-electron chi connectivity index (χ2n) is 5.45. The zero-order valence-electron chi connectivity index (χ0n) is 13.4. The number of carbonyl (C=O) groups is 1. The van der Waals surface area contributed by atoms with Crippen molar-refractivity contribution in [2.45, 2.75) is 58.8 Å². The molecule has 1 rings (SSSR count). The summed E-state index contributed by atoms with van der Waals surface area (Å²) in [7, 11) is 0. The summed E-state index contributed by atoms with van der Waals surface area (Å²) >= 11 is 0. The van der Waals surface area contributed by atoms with E-state index in [1.807, 2.05) is 0 Å². The minimum absolute atomic E-state index is 0.0128. The molecule has 5 nitrogen and oxygen atoms in total. The van der Waals surface area contributed by atoms with Crippen LogP contribution in [-0.4, -0.2) is 21.8 Å². The first-order valence-electron chi connectivity index (χ1n) is 7.90. The third-order valence-electron chi connectivity index (χ3n) is 3.48. The molecule has 122 valence electrons. The van der Waals surface area contributed by atoms with Crippen molar-refractivity contribution in [1.29, 1.82) is 0 Å². The third kappa shape index (κ3) is 6.61. The Balaban J connectivity index is 2.35. The van der Waals surface area contributed by atoms with Crippen LogP contribution >= 0.6 is 0 Å². The Hall–Kier alpha value is -2.04. The molecule has 3 N–H and O–H groups in total. The first-order valence-corrected chi connectivity index (χ1v) is 7.90. The zero-order valence-corrected chi connectivity index (χ0v) is 13.4. The Kier molecular flexibility index (Phi) is 8.04. The molecule has 0 aliphatic carbocycles. The van der Waals surface area contributed by atoms with Crippen molar-refractivity contribution in [2.75, 3.05) is 0 Å². The topological polar surface area (TPSA) is 81.9 Å². The van der Waals surface area contributed by atoms with Crippen molar-refractivity contribution in [1.82, 2.24) is 5.43 Å². The maximum atomic E-state index is 11.7. The van der Waals surface area contributed by atoms with E-state index in [2.05, 4.69) is 17.5 Å². The van der Waals surface area contributed by atoms with Crippen molar-refractivity contribution in [3.63, 3.8) is 0 Å². The minimum Gasteiger partial charge on any atom is -0.508 e. The molecule has 0 atom stereocenters. The Morgan fingerprint density at radius 3 is 2.50 bits per heavy atom. The summed E-state index contributed by atoms with van der Waals surface area (Å²) in [4.78, 5) is 11.7. The molecule has 0 aromatic heterocycles. The number of nitrogens with one attached hydrogen (secondary N) is 1. The van der Waals surface area contributed by atoms with Gasteiger partial charge in [-0.3, -0.25) is 4.79 Å². The van der Waals surface area contributed by atoms with Crippen molar-refractivity contribution in [3.8, 4) is 11.5 Å². The van der Waals surface area contributed by atoms with E-state index in [0.29, 0.717) is 17.7 Å². The lowest BCUT2D eigenvalue weighted by Crippen LogP contribution is -2.18. The Morgan fingerprint density at radius 1 is 1.14 bits per heavy atom. The first-order chi connectivity index (χ1) is 10.5. The molecule has 22 heavy (non-hydrogen) atoms. The third-order valence-corrected chi connectivity index (χ3v) is 3.48. The normalized spacial score (nSPS) is 11.5. The van der Waals surface area contributed by atoms with E-state index < -0.39 is 0 Å². The molecule has 1 aromatic rings. The molecule has 0 fully saturated rings. The first kappa shape index (κ1) is 18.0. The van der Waals surface area contributed by atoms with Gasteiger partial charge in [0.15, 0.2) is 0 Å². The summed E-state index contributed by atoms with van der Waals surface area (Å²) < 4.78 is 0. The number of hydrogen-bond donors (Lipinski definition) is 3. The largest absolute Gasteiger partial charge is 0.508 e. The van der Waals surface area contributed by atoms with Gasteiger partial charge in [-0.1, -0.05) is 39.0 Å². The minimum atomic E-state index is -0.117. The molecular weight excluding hydrogens is 280 g/mol. The lowest BCUT2D eigenvalue weighted by Gasteiger charge is -2.05. The molecule has 0 saturated heterocycles. The van der Waals surface area contributed by atoms with E-state index in [0.717, 1.165) is 12.8 Å². The average molecular weight is 306 g/mol. The SMILES string of the molecule is CCCCCCCCC(=O)N/N=C(/C)c1ccc(O)cc1O. The summed E-state index contributed by atoms with van der Waals surface area (Å²) in [6.07, 6.45) is 7.28. The molecule has 0 bridgehead atoms. The van der Waals surface area contributed by atoms with Gasteiger partial charge in [0.1, 0.15) is 11.5 Å². The van der Waals surface area contributed by atoms with E-state index in [4.69, 9.17) is 0 Å². The molecule has 0 heterocycles. The van der Waals surface area contributed by atoms with E-state index >= 15 is 0 Å². The highest BCUT2D eigenvalue weighted by Crippen LogP contribution is 2.22. The van der Waals surface area contributed by atoms with Crippen LogP contribution in [0.4, 0.5) is 0 Å². The van der Waals surface area contributed by atoms with Crippen LogP contribution in [0, 0.1) is 0 Å². The molecule has 0 unspecified atom stereocenters. The second-order valence-corrected chi connectivity index (χ2v) is 5.45. The van der Waals surface area contributed by atoms with Gasteiger partial charge in [-0.2, -0.15) is 5.10 Å². The van der Waals surface area contributed by atoms with Crippen LogP contribution in [0.1, 0.15) is 64.4 Å². The van der Waals surface area contributed by atoms with Crippen LogP contribution in [0.3, 0.4) is 0 Å². The molecule has 0 aliphatic heterocycles. The van der Waals surface area contributed by atoms with Gasteiger partial charge in [-0.25, -0.2) is 5.43 Å². The fraction of sp³-hybridized carbons (Fsp3) is 0.529. The average Bonchev–Trinajstić information content (AvgIpc) is 2.48. The monoisotopic (exact) mass is 306 g/mol. The smallest absolute Gasteiger partial charge is 0.240 e. The van der Waals surface area contributed by atoms with Crippen LogP contribution in [0.25, 0.3) is 0 Å². The Morgan fingerprint density at radius 2 is 1.82 bits per heavy atom. The van der Waals surface area contributed by atoms with E-state index in [9.17, 15) is 15.0 Å². The van der Waals surface area contributed by atoms with Gasteiger partial charge in [0.25, 0.3) is 0 Å². The lowest BCUT2D eigenvalue weighted by atomic mass is 10.1. The fourth-order valence-corrected chi connectivity index (χ4v) is 2.15. The van der Waals surface area contributed by atoms with Crippen LogP contribution in [0.2, 0.25) is 0 Å². The lowest BCUT2D eigenvalue weighted by molar-refractivity contribution is -0.121. The van der Waals surface area contributed by atoms with Crippen molar-refractivity contribution in [3.05, 3.63) is 23.8 Å². The van der Waals surface area contributed by atoms with E-state index in [1.165, 1.54) is 37.8 Å². The number of hydrazone groups is 1. The summed E-state index contributed by atoms with van der Waals surface area (Å²) in [6, 6.07) is 4.27. The van der Waals surface area contributed by atoms with Crippen molar-refractivity contribution >= 4 is 11.6 Å². The molecule has 5 heteroatoms. The van der Waals surface area contributed by atoms with Gasteiger partial charge in [0, 0.05) is 18.1 Å². The zero-order chi connectivity index (χ0) is 16.4. The highest BCUT2D eigenvalue weighted by atomic mass is 16.3. The Labute approximate surface area is 132 Å². The van der Waals surface area contributed by atoms with Gasteiger partial charge in [0.2, 0.25) is 5.91 Å². The van der Waals surface area contributed by atoms with Crippen molar-refractivity contribution < 1.29 is 15.0 Å². The van der Waals surface area contributed by atoms with Gasteiger partial charge in [-0.15, -0.1) is 0 Å². The van der Waals surface area contributed by atoms with Gasteiger partial charge in [-0.05, 0) is 25.5 Å².